The molecule has 2 heterocycles. The molecule has 0 aliphatic heterocycles. The van der Waals surface area contributed by atoms with Gasteiger partial charge in [-0.3, -0.25) is 0 Å². The SMILES string of the molecule is COc1nc(-c2ccoc2)nc(Cl)c1C(F)(F)F. The molecule has 4 nitrogen and oxygen atoms in total. The van der Waals surface area contributed by atoms with Crippen LogP contribution in [0.5, 0.6) is 5.88 Å². The number of rotatable bonds is 2. The third-order valence-electron chi connectivity index (χ3n) is 2.09. The minimum atomic E-state index is -4.68. The molecule has 0 bridgehead atoms. The van der Waals surface area contributed by atoms with Crippen molar-refractivity contribution in [3.05, 3.63) is 29.3 Å². The summed E-state index contributed by atoms with van der Waals surface area (Å²) in [7, 11) is 1.08. The van der Waals surface area contributed by atoms with Crippen LogP contribution >= 0.6 is 11.6 Å². The lowest BCUT2D eigenvalue weighted by atomic mass is 10.2. The van der Waals surface area contributed by atoms with E-state index in [1.54, 1.807) is 0 Å². The van der Waals surface area contributed by atoms with Gasteiger partial charge >= 0.3 is 6.18 Å². The molecule has 2 aromatic heterocycles. The quantitative estimate of drug-likeness (QED) is 0.790. The van der Waals surface area contributed by atoms with Gasteiger partial charge in [-0.1, -0.05) is 11.6 Å². The van der Waals surface area contributed by atoms with Crippen LogP contribution in [0.1, 0.15) is 5.56 Å². The molecule has 0 N–H and O–H groups in total. The first kappa shape index (κ1) is 12.7. The van der Waals surface area contributed by atoms with Gasteiger partial charge in [0, 0.05) is 0 Å². The van der Waals surface area contributed by atoms with Gasteiger partial charge in [0.2, 0.25) is 5.88 Å². The van der Waals surface area contributed by atoms with E-state index in [1.165, 1.54) is 18.6 Å². The summed E-state index contributed by atoms with van der Waals surface area (Å²) in [5.41, 5.74) is -0.789. The van der Waals surface area contributed by atoms with Gasteiger partial charge in [0.1, 0.15) is 11.4 Å². The Kier molecular flexibility index (Phi) is 3.16. The molecule has 0 aliphatic carbocycles. The molecule has 2 aromatic rings. The number of methoxy groups -OCH3 is 1. The number of nitrogens with zero attached hydrogens (tertiary/aromatic N) is 2. The van der Waals surface area contributed by atoms with Crippen LogP contribution in [0.2, 0.25) is 5.15 Å². The highest BCUT2D eigenvalue weighted by atomic mass is 35.5. The lowest BCUT2D eigenvalue weighted by Crippen LogP contribution is -2.11. The minimum absolute atomic E-state index is 0.00130. The van der Waals surface area contributed by atoms with Crippen molar-refractivity contribution in [2.24, 2.45) is 0 Å². The van der Waals surface area contributed by atoms with E-state index in [-0.39, 0.29) is 5.82 Å². The molecule has 0 atom stereocenters. The monoisotopic (exact) mass is 278 g/mol. The summed E-state index contributed by atoms with van der Waals surface area (Å²) >= 11 is 5.53. The number of ether oxygens (including phenoxy) is 1. The predicted molar refractivity (Wildman–Crippen MR) is 56.3 cm³/mol. The average molecular weight is 279 g/mol. The molecule has 96 valence electrons. The second kappa shape index (κ2) is 4.49. The van der Waals surface area contributed by atoms with Crippen molar-refractivity contribution >= 4 is 11.6 Å². The maximum absolute atomic E-state index is 12.7. The number of hydrogen-bond acceptors (Lipinski definition) is 4. The predicted octanol–water partition coefficient (Wildman–Crippen LogP) is 3.42. The standard InChI is InChI=1S/C10H6ClF3N2O2/c1-17-9-6(10(12,13)14)7(11)15-8(16-9)5-2-3-18-4-5/h2-4H,1H3. The molecule has 0 spiro atoms. The van der Waals surface area contributed by atoms with Gasteiger partial charge < -0.3 is 9.15 Å². The molecule has 0 saturated carbocycles. The largest absolute Gasteiger partial charge is 0.480 e. The fourth-order valence-corrected chi connectivity index (χ4v) is 1.59. The number of alkyl halides is 3. The van der Waals surface area contributed by atoms with E-state index in [4.69, 9.17) is 16.0 Å². The van der Waals surface area contributed by atoms with Crippen molar-refractivity contribution in [1.29, 1.82) is 0 Å². The molecule has 0 aliphatic rings. The highest BCUT2D eigenvalue weighted by molar-refractivity contribution is 6.30. The number of aromatic nitrogens is 2. The molecule has 0 amide bonds. The average Bonchev–Trinajstić information content (AvgIpc) is 2.79. The highest BCUT2D eigenvalue weighted by Gasteiger charge is 2.39. The molecule has 0 saturated heterocycles. The van der Waals surface area contributed by atoms with Crippen LogP contribution in [0.25, 0.3) is 11.4 Å². The van der Waals surface area contributed by atoms with Crippen LogP contribution in [0.15, 0.2) is 23.0 Å². The Bertz CT molecular complexity index is 555. The van der Waals surface area contributed by atoms with Crippen molar-refractivity contribution in [1.82, 2.24) is 9.97 Å². The fraction of sp³-hybridized carbons (Fsp3) is 0.200. The minimum Gasteiger partial charge on any atom is -0.480 e. The Hall–Kier alpha value is -1.76. The molecule has 2 rings (SSSR count). The highest BCUT2D eigenvalue weighted by Crippen LogP contribution is 2.40. The zero-order valence-electron chi connectivity index (χ0n) is 8.95. The van der Waals surface area contributed by atoms with Crippen molar-refractivity contribution < 1.29 is 22.3 Å². The summed E-state index contributed by atoms with van der Waals surface area (Å²) in [5, 5.41) is -0.717. The topological polar surface area (TPSA) is 48.2 Å². The Labute approximate surface area is 104 Å². The summed E-state index contributed by atoms with van der Waals surface area (Å²) in [5.74, 6) is -0.627. The zero-order chi connectivity index (χ0) is 13.3. The second-order valence-corrected chi connectivity index (χ2v) is 3.59. The molecular weight excluding hydrogens is 273 g/mol. The molecule has 8 heteroatoms. The first-order valence-electron chi connectivity index (χ1n) is 4.64. The summed E-state index contributed by atoms with van der Waals surface area (Å²) in [4.78, 5) is 7.25. The van der Waals surface area contributed by atoms with Crippen molar-refractivity contribution in [2.45, 2.75) is 6.18 Å². The van der Waals surface area contributed by atoms with E-state index >= 15 is 0 Å². The normalized spacial score (nSPS) is 11.6. The lowest BCUT2D eigenvalue weighted by molar-refractivity contribution is -0.139. The van der Waals surface area contributed by atoms with Crippen LogP contribution in [-0.4, -0.2) is 17.1 Å². The summed E-state index contributed by atoms with van der Waals surface area (Å²) in [6.45, 7) is 0. The van der Waals surface area contributed by atoms with Gasteiger partial charge in [0.25, 0.3) is 0 Å². The number of halogens is 4. The molecule has 0 aromatic carbocycles. The third-order valence-corrected chi connectivity index (χ3v) is 2.36. The zero-order valence-corrected chi connectivity index (χ0v) is 9.71. The van der Waals surface area contributed by atoms with Gasteiger partial charge in [-0.15, -0.1) is 0 Å². The molecule has 0 fully saturated rings. The van der Waals surface area contributed by atoms with Crippen LogP contribution in [0, 0.1) is 0 Å². The molecule has 0 radical (unpaired) electrons. The van der Waals surface area contributed by atoms with E-state index in [1.807, 2.05) is 0 Å². The van der Waals surface area contributed by atoms with Crippen LogP contribution in [0.3, 0.4) is 0 Å². The van der Waals surface area contributed by atoms with Crippen LogP contribution in [0.4, 0.5) is 13.2 Å². The van der Waals surface area contributed by atoms with Crippen molar-refractivity contribution in [3.63, 3.8) is 0 Å². The summed E-state index contributed by atoms with van der Waals surface area (Å²) in [6.07, 6.45) is -2.05. The lowest BCUT2D eigenvalue weighted by Gasteiger charge is -2.12. The Balaban J connectivity index is 2.61. The van der Waals surface area contributed by atoms with Gasteiger partial charge in [0.05, 0.1) is 18.9 Å². The van der Waals surface area contributed by atoms with Gasteiger partial charge in [-0.2, -0.15) is 18.2 Å². The first-order chi connectivity index (χ1) is 8.43. The summed E-state index contributed by atoms with van der Waals surface area (Å²) in [6, 6.07) is 1.50. The van der Waals surface area contributed by atoms with E-state index in [0.29, 0.717) is 5.56 Å². The van der Waals surface area contributed by atoms with E-state index in [9.17, 15) is 13.2 Å². The third kappa shape index (κ3) is 2.26. The fourth-order valence-electron chi connectivity index (χ4n) is 1.32. The van der Waals surface area contributed by atoms with Gasteiger partial charge in [-0.25, -0.2) is 4.98 Å². The van der Waals surface area contributed by atoms with Gasteiger partial charge in [-0.05, 0) is 6.07 Å². The molecule has 0 unspecified atom stereocenters. The number of furan rings is 1. The van der Waals surface area contributed by atoms with Crippen molar-refractivity contribution in [2.75, 3.05) is 7.11 Å². The van der Waals surface area contributed by atoms with Gasteiger partial charge in [0.15, 0.2) is 11.4 Å². The van der Waals surface area contributed by atoms with E-state index in [2.05, 4.69) is 14.7 Å². The second-order valence-electron chi connectivity index (χ2n) is 3.23. The molecule has 18 heavy (non-hydrogen) atoms. The maximum Gasteiger partial charge on any atom is 0.424 e. The summed E-state index contributed by atoms with van der Waals surface area (Å²) < 4.78 is 47.5. The van der Waals surface area contributed by atoms with Crippen LogP contribution in [-0.2, 0) is 6.18 Å². The molecular formula is C10H6ClF3N2O2. The smallest absolute Gasteiger partial charge is 0.424 e. The Morgan fingerprint density at radius 3 is 2.56 bits per heavy atom. The Morgan fingerprint density at radius 2 is 2.06 bits per heavy atom. The van der Waals surface area contributed by atoms with E-state index in [0.717, 1.165) is 7.11 Å². The number of hydrogen-bond donors (Lipinski definition) is 0. The Morgan fingerprint density at radius 1 is 1.33 bits per heavy atom. The maximum atomic E-state index is 12.7. The van der Waals surface area contributed by atoms with Crippen LogP contribution < -0.4 is 4.74 Å². The first-order valence-corrected chi connectivity index (χ1v) is 5.02. The van der Waals surface area contributed by atoms with Crippen molar-refractivity contribution in [3.8, 4) is 17.3 Å². The van der Waals surface area contributed by atoms with E-state index < -0.39 is 22.8 Å².